The number of nitrogens with two attached hydrogens (primary N) is 2. The number of aromatic nitrogens is 12. The van der Waals surface area contributed by atoms with Crippen LogP contribution in [-0.4, -0.2) is 176 Å². The van der Waals surface area contributed by atoms with Crippen molar-refractivity contribution < 1.29 is 93.8 Å². The lowest BCUT2D eigenvalue weighted by molar-refractivity contribution is -0.168. The van der Waals surface area contributed by atoms with Gasteiger partial charge >= 0.3 is 41.8 Å². The quantitative estimate of drug-likeness (QED) is 0.00870. The molecule has 0 saturated carbocycles. The van der Waals surface area contributed by atoms with E-state index in [2.05, 4.69) is 59.8 Å². The third-order valence-corrected chi connectivity index (χ3v) is 23.0. The van der Waals surface area contributed by atoms with Crippen LogP contribution in [0.2, 0.25) is 36.6 Å². The predicted molar refractivity (Wildman–Crippen MR) is 539 cm³/mol. The molecule has 0 fully saturated rings. The highest BCUT2D eigenvalue weighted by Gasteiger charge is 2.40. The Bertz CT molecular complexity index is 5010. The van der Waals surface area contributed by atoms with Crippen molar-refractivity contribution in [2.75, 3.05) is 0 Å². The maximum atomic E-state index is 12.3. The van der Waals surface area contributed by atoms with E-state index in [-0.39, 0.29) is 67.2 Å². The molecule has 7 atom stereocenters. The number of ether oxygens (including phenoxy) is 4. The van der Waals surface area contributed by atoms with Gasteiger partial charge in [-0.3, -0.25) is 42.7 Å². The van der Waals surface area contributed by atoms with Gasteiger partial charge in [0.1, 0.15) is 60.6 Å². The number of hydrogen-bond acceptors (Lipinski definition) is 29. The van der Waals surface area contributed by atoms with Gasteiger partial charge < -0.3 is 45.7 Å². The summed E-state index contributed by atoms with van der Waals surface area (Å²) in [6, 6.07) is 21.9. The van der Waals surface area contributed by atoms with Crippen molar-refractivity contribution in [2.45, 2.75) is 314 Å². The van der Waals surface area contributed by atoms with Gasteiger partial charge in [-0.2, -0.15) is 16.8 Å². The Morgan fingerprint density at radius 3 is 0.717 bits per heavy atom. The van der Waals surface area contributed by atoms with Gasteiger partial charge in [0, 0.05) is 86.4 Å². The summed E-state index contributed by atoms with van der Waals surface area (Å²) in [6.45, 7) is 51.2. The van der Waals surface area contributed by atoms with E-state index >= 15 is 0 Å². The van der Waals surface area contributed by atoms with E-state index in [9.17, 15) is 50.4 Å². The number of hydrogen-bond donors (Lipinski definition) is 7. The SMILES string of the molecule is CC[C@@](C)(Cc1ccnc(Cl)n1)C(=O)O.CC[C@@](C)(Cc1ccnc(Cl)n1)C(=O)O.CC[C@@](C)(Cc1ccnc(Cl)n1)C(=O)OC(C)(C)C.CC[C@@](C)(Cc1nccc(Cl)n1)C(=O)O.CC[C@@](C)(Cc1nccc(Cl)n1)C(=O)OC(C)(C)C.CC[C@@](C)(N)C(=O)OC(C)(C)C.CC[C@@](C)(N)C(=O)OC(C)(C)C.Cc1ccc(S(=O)(=O)O)cc1.Cc1ccc(S(=O)(=O)O)cc1.Cl.Clc1ccnc(Cl)n1. The largest absolute Gasteiger partial charge is 0.481 e. The second-order valence-corrected chi connectivity index (χ2v) is 42.5. The van der Waals surface area contributed by atoms with Crippen molar-refractivity contribution in [3.63, 3.8) is 0 Å². The number of carbonyl (C=O) groups excluding carboxylic acids is 4. The molecule has 0 aliphatic carbocycles. The summed E-state index contributed by atoms with van der Waals surface area (Å²) in [5, 5.41) is 29.0. The Hall–Kier alpha value is -8.73. The van der Waals surface area contributed by atoms with Gasteiger partial charge in [-0.15, -0.1) is 12.4 Å². The molecule has 2 aromatic carbocycles. The molecule has 8 rings (SSSR count). The van der Waals surface area contributed by atoms with Crippen molar-refractivity contribution in [2.24, 2.45) is 38.5 Å². The average Bonchev–Trinajstić information content (AvgIpc) is 0.861. The zero-order valence-corrected chi connectivity index (χ0v) is 91.5. The summed E-state index contributed by atoms with van der Waals surface area (Å²) < 4.78 is 80.3. The number of esters is 4. The molecule has 0 spiro atoms. The Kier molecular flexibility index (Phi) is 57.9. The number of carbonyl (C=O) groups is 7. The van der Waals surface area contributed by atoms with Crippen LogP contribution in [0.5, 0.6) is 0 Å². The molecule has 0 bridgehead atoms. The van der Waals surface area contributed by atoms with Crippen molar-refractivity contribution in [1.29, 1.82) is 0 Å². The van der Waals surface area contributed by atoms with Crippen LogP contribution in [0.3, 0.4) is 0 Å². The van der Waals surface area contributed by atoms with Crippen LogP contribution in [0.25, 0.3) is 0 Å². The summed E-state index contributed by atoms with van der Waals surface area (Å²) in [7, 11) is -8.04. The maximum Gasteiger partial charge on any atom is 0.326 e. The molecule has 772 valence electrons. The molecule has 8 aromatic rings. The third-order valence-electron chi connectivity index (χ3n) is 19.9. The average molecular weight is 2130 g/mol. The van der Waals surface area contributed by atoms with Gasteiger partial charge in [0.2, 0.25) is 21.1 Å². The topological polar surface area (TPSA) is 533 Å². The first-order chi connectivity index (χ1) is 62.4. The zero-order chi connectivity index (χ0) is 107. The van der Waals surface area contributed by atoms with Gasteiger partial charge in [0.05, 0.1) is 36.9 Å². The minimum Gasteiger partial charge on any atom is -0.481 e. The van der Waals surface area contributed by atoms with E-state index < -0.39 is 98.7 Å². The fourth-order valence-corrected chi connectivity index (χ4v) is 11.7. The summed E-state index contributed by atoms with van der Waals surface area (Å²) in [6.07, 6.45) is 15.3. The Labute approximate surface area is 854 Å². The molecule has 34 nitrogen and oxygen atoms in total. The van der Waals surface area contributed by atoms with E-state index in [1.54, 1.807) is 108 Å². The second kappa shape index (κ2) is 59.9. The Balaban J connectivity index is -0.00000148. The summed E-state index contributed by atoms with van der Waals surface area (Å²) in [5.74, 6) is -2.57. The molecule has 0 aliphatic rings. The van der Waals surface area contributed by atoms with Crippen LogP contribution in [0.15, 0.2) is 132 Å². The van der Waals surface area contributed by atoms with Gasteiger partial charge in [-0.05, 0) is 297 Å². The highest BCUT2D eigenvalue weighted by atomic mass is 35.5. The minimum atomic E-state index is -4.02. The second-order valence-electron chi connectivity index (χ2n) is 37.2. The van der Waals surface area contributed by atoms with E-state index in [0.717, 1.165) is 16.8 Å². The number of halogens is 8. The smallest absolute Gasteiger partial charge is 0.326 e. The first kappa shape index (κ1) is 133. The van der Waals surface area contributed by atoms with Gasteiger partial charge in [-0.25, -0.2) is 59.8 Å². The number of carboxylic acids is 3. The molecule has 0 unspecified atom stereocenters. The lowest BCUT2D eigenvalue weighted by Gasteiger charge is -2.30. The fourth-order valence-electron chi connectivity index (χ4n) is 9.57. The van der Waals surface area contributed by atoms with Crippen LogP contribution >= 0.6 is 93.6 Å². The number of aryl methyl sites for hydroxylation is 2. The lowest BCUT2D eigenvalue weighted by Crippen LogP contribution is -2.47. The third kappa shape index (κ3) is 55.5. The summed E-state index contributed by atoms with van der Waals surface area (Å²) >= 11 is 39.3. The number of rotatable bonds is 26. The number of nitrogens with zero attached hydrogens (tertiary/aromatic N) is 12. The standard InChI is InChI=1S/2C14H21ClN2O2.3C10H13ClN2O2.2C9H19NO2.2C7H8O3S.C4H2Cl2N2.ClH/c1-6-14(5,12(18)19-13(2,3)4)9-11-16-8-7-10(15)17-11;1-6-14(5,11(18)19-13(2,3)4)9-10-7-8-16-12(15)17-10;1-3-10(2,9(14)15)6-8-12-5-4-7(11)13-8;2*1-3-10(2,8(14)15)6-7-4-5-12-9(11)13-7;2*1-6-9(5,10)7(11)12-8(2,3)4;2*1-6-2-4-7(5-3-6)11(8,9)10;5-3-1-2-7-4(6)8-3;/h2*7-8H,6,9H2,1-5H3;3*4-5H,3,6H2,1-2H3,(H,14,15);2*6,10H2,1-5H3;2*2-5H,1H3,(H,8,9,10);1-2H;1H/t2*14-;3*10-;2*9-;;;;/m0000011..../s1. The zero-order valence-electron chi connectivity index (χ0n) is 83.8. The molecular weight excluding hydrogens is 1990 g/mol. The van der Waals surface area contributed by atoms with Gasteiger partial charge in [-0.1, -0.05) is 119 Å². The lowest BCUT2D eigenvalue weighted by atomic mass is 9.82. The van der Waals surface area contributed by atoms with Crippen LogP contribution in [-0.2, 0) is 105 Å². The molecule has 6 heterocycles. The van der Waals surface area contributed by atoms with Crippen molar-refractivity contribution in [3.05, 3.63) is 199 Å². The van der Waals surface area contributed by atoms with Crippen molar-refractivity contribution >= 4 is 156 Å². The van der Waals surface area contributed by atoms with Crippen LogP contribution in [0.1, 0.15) is 265 Å². The molecule has 44 heteroatoms. The van der Waals surface area contributed by atoms with Gasteiger partial charge in [0.25, 0.3) is 20.2 Å². The minimum absolute atomic E-state index is 0. The fraction of sp³-hybridized carbons (Fsp3) is 0.543. The van der Waals surface area contributed by atoms with Crippen LogP contribution in [0, 0.1) is 40.9 Å². The number of aliphatic carboxylic acids is 3. The predicted octanol–water partition coefficient (Wildman–Crippen LogP) is 21.0. The van der Waals surface area contributed by atoms with E-state index in [1.165, 1.54) is 49.1 Å². The Morgan fingerprint density at radius 1 is 0.304 bits per heavy atom. The van der Waals surface area contributed by atoms with Crippen molar-refractivity contribution in [1.82, 2.24) is 59.8 Å². The highest BCUT2D eigenvalue weighted by molar-refractivity contribution is 7.86. The van der Waals surface area contributed by atoms with Crippen molar-refractivity contribution in [3.8, 4) is 0 Å². The number of benzene rings is 2. The molecule has 0 radical (unpaired) electrons. The van der Waals surface area contributed by atoms with E-state index in [1.807, 2.05) is 159 Å². The maximum absolute atomic E-state index is 12.3. The molecular formula is C94H138Cl8N14O20S2. The molecule has 0 saturated heterocycles. The van der Waals surface area contributed by atoms with E-state index in [4.69, 9.17) is 136 Å². The first-order valence-electron chi connectivity index (χ1n) is 43.2. The molecule has 138 heavy (non-hydrogen) atoms. The van der Waals surface area contributed by atoms with Gasteiger partial charge in [0.15, 0.2) is 0 Å². The normalized spacial score (nSPS) is 14.1. The summed E-state index contributed by atoms with van der Waals surface area (Å²) in [4.78, 5) is 127. The molecule has 0 aliphatic heterocycles. The van der Waals surface area contributed by atoms with Crippen LogP contribution in [0.4, 0.5) is 0 Å². The molecule has 0 amide bonds. The highest BCUT2D eigenvalue weighted by Crippen LogP contribution is 2.34. The first-order valence-corrected chi connectivity index (χ1v) is 48.8. The van der Waals surface area contributed by atoms with E-state index in [0.29, 0.717) is 116 Å². The summed E-state index contributed by atoms with van der Waals surface area (Å²) in [5.41, 5.74) is 8.09. The van der Waals surface area contributed by atoms with Crippen LogP contribution < -0.4 is 11.5 Å². The number of carboxylic acid groups (broad SMARTS) is 3. The monoisotopic (exact) mass is 2130 g/mol. The molecule has 9 N–H and O–H groups in total. The molecule has 6 aromatic heterocycles. The Morgan fingerprint density at radius 2 is 0.514 bits per heavy atom.